The first-order valence-corrected chi connectivity index (χ1v) is 11.2. The van der Waals surface area contributed by atoms with Gasteiger partial charge in [0.05, 0.1) is 28.4 Å². The van der Waals surface area contributed by atoms with Crippen LogP contribution in [-0.4, -0.2) is 33.8 Å². The van der Waals surface area contributed by atoms with E-state index in [4.69, 9.17) is 18.9 Å². The summed E-state index contributed by atoms with van der Waals surface area (Å²) in [5.41, 5.74) is 2.59. The van der Waals surface area contributed by atoms with Crippen LogP contribution < -0.4 is 18.9 Å². The van der Waals surface area contributed by atoms with E-state index in [2.05, 4.69) is 40.2 Å². The van der Waals surface area contributed by atoms with Gasteiger partial charge in [-0.15, -0.1) is 0 Å². The molecular weight excluding hydrogens is 432 g/mol. The van der Waals surface area contributed by atoms with Crippen molar-refractivity contribution in [2.75, 3.05) is 33.8 Å². The van der Waals surface area contributed by atoms with Crippen LogP contribution in [0.25, 0.3) is 0 Å². The second kappa shape index (κ2) is 12.6. The second-order valence-corrected chi connectivity index (χ2v) is 7.83. The number of aryl methyl sites for hydroxylation is 2. The molecule has 0 aliphatic heterocycles. The highest BCUT2D eigenvalue weighted by Gasteiger charge is 2.10. The number of rotatable bonds is 13. The van der Waals surface area contributed by atoms with Crippen LogP contribution in [0.3, 0.4) is 0 Å². The molecule has 0 spiro atoms. The zero-order valence-corrected chi connectivity index (χ0v) is 19.6. The van der Waals surface area contributed by atoms with Crippen molar-refractivity contribution in [1.29, 1.82) is 0 Å². The molecule has 0 saturated carbocycles. The minimum absolute atomic E-state index is 0.690. The Bertz CT molecular complexity index is 686. The first-order valence-electron chi connectivity index (χ1n) is 10.1. The highest BCUT2D eigenvalue weighted by atomic mass is 79.9. The Kier molecular flexibility index (Phi) is 10.2. The summed E-state index contributed by atoms with van der Waals surface area (Å²) in [5, 5.41) is 1.05. The van der Waals surface area contributed by atoms with Gasteiger partial charge in [-0.05, 0) is 79.8 Å². The van der Waals surface area contributed by atoms with E-state index in [1.54, 1.807) is 28.4 Å². The molecule has 0 N–H and O–H groups in total. The third-order valence-electron chi connectivity index (χ3n) is 5.27. The quantitative estimate of drug-likeness (QED) is 0.336. The van der Waals surface area contributed by atoms with Crippen LogP contribution in [0, 0.1) is 5.92 Å². The molecule has 0 atom stereocenters. The van der Waals surface area contributed by atoms with Gasteiger partial charge in [-0.3, -0.25) is 0 Å². The van der Waals surface area contributed by atoms with Crippen molar-refractivity contribution in [3.05, 3.63) is 47.5 Å². The molecule has 4 nitrogen and oxygen atoms in total. The third-order valence-corrected chi connectivity index (χ3v) is 6.19. The zero-order chi connectivity index (χ0) is 21.1. The van der Waals surface area contributed by atoms with Crippen LogP contribution in [-0.2, 0) is 12.8 Å². The summed E-state index contributed by atoms with van der Waals surface area (Å²) in [7, 11) is 6.70. The molecule has 0 amide bonds. The third kappa shape index (κ3) is 7.14. The molecule has 0 fully saturated rings. The highest BCUT2D eigenvalue weighted by Crippen LogP contribution is 2.30. The molecule has 160 valence electrons. The minimum Gasteiger partial charge on any atom is -0.493 e. The van der Waals surface area contributed by atoms with Crippen LogP contribution >= 0.6 is 15.9 Å². The summed E-state index contributed by atoms with van der Waals surface area (Å²) in [6.07, 6.45) is 6.88. The van der Waals surface area contributed by atoms with E-state index in [9.17, 15) is 0 Å². The molecule has 2 aromatic carbocycles. The van der Waals surface area contributed by atoms with Gasteiger partial charge in [0, 0.05) is 5.33 Å². The number of halogens is 1. The lowest BCUT2D eigenvalue weighted by Gasteiger charge is -2.15. The van der Waals surface area contributed by atoms with E-state index >= 15 is 0 Å². The fourth-order valence-corrected chi connectivity index (χ4v) is 4.21. The number of ether oxygens (including phenoxy) is 4. The first-order chi connectivity index (χ1) is 14.1. The number of benzene rings is 2. The number of alkyl halides is 1. The summed E-state index contributed by atoms with van der Waals surface area (Å²) in [4.78, 5) is 0. The average molecular weight is 465 g/mol. The van der Waals surface area contributed by atoms with Crippen LogP contribution in [0.4, 0.5) is 0 Å². The van der Waals surface area contributed by atoms with Crippen molar-refractivity contribution in [3.8, 4) is 23.0 Å². The van der Waals surface area contributed by atoms with E-state index in [1.165, 1.54) is 36.8 Å². The maximum absolute atomic E-state index is 5.40. The van der Waals surface area contributed by atoms with Gasteiger partial charge < -0.3 is 18.9 Å². The first kappa shape index (κ1) is 23.4. The van der Waals surface area contributed by atoms with E-state index in [0.29, 0.717) is 5.92 Å². The van der Waals surface area contributed by atoms with Gasteiger partial charge in [0.25, 0.3) is 0 Å². The molecule has 0 saturated heterocycles. The normalized spacial score (nSPS) is 10.8. The lowest BCUT2D eigenvalue weighted by molar-refractivity contribution is 0.354. The second-order valence-electron chi connectivity index (χ2n) is 7.18. The summed E-state index contributed by atoms with van der Waals surface area (Å²) in [6, 6.07) is 12.4. The molecule has 2 aromatic rings. The Morgan fingerprint density at radius 3 is 1.41 bits per heavy atom. The maximum atomic E-state index is 5.40. The summed E-state index contributed by atoms with van der Waals surface area (Å²) in [5.74, 6) is 3.86. The Morgan fingerprint density at radius 1 is 0.655 bits per heavy atom. The van der Waals surface area contributed by atoms with Gasteiger partial charge >= 0.3 is 0 Å². The molecule has 2 rings (SSSR count). The van der Waals surface area contributed by atoms with Gasteiger partial charge in [-0.25, -0.2) is 0 Å². The molecule has 0 bridgehead atoms. The van der Waals surface area contributed by atoms with Crippen molar-refractivity contribution >= 4 is 15.9 Å². The average Bonchev–Trinajstić information content (AvgIpc) is 2.77. The SMILES string of the molecule is COc1ccc(CCCC(CBr)CCCc2ccc(OC)c(OC)c2)cc1OC. The lowest BCUT2D eigenvalue weighted by atomic mass is 9.95. The maximum Gasteiger partial charge on any atom is 0.160 e. The Morgan fingerprint density at radius 2 is 1.07 bits per heavy atom. The predicted octanol–water partition coefficient (Wildman–Crippen LogP) is 6.08. The van der Waals surface area contributed by atoms with E-state index in [-0.39, 0.29) is 0 Å². The topological polar surface area (TPSA) is 36.9 Å². The molecule has 0 unspecified atom stereocenters. The van der Waals surface area contributed by atoms with Gasteiger partial charge in [0.2, 0.25) is 0 Å². The molecule has 5 heteroatoms. The van der Waals surface area contributed by atoms with Crippen molar-refractivity contribution in [2.24, 2.45) is 5.92 Å². The molecule has 0 aromatic heterocycles. The van der Waals surface area contributed by atoms with Gasteiger partial charge in [-0.1, -0.05) is 28.1 Å². The Balaban J connectivity index is 1.78. The Labute approximate surface area is 183 Å². The minimum atomic E-state index is 0.690. The van der Waals surface area contributed by atoms with Gasteiger partial charge in [0.15, 0.2) is 23.0 Å². The molecule has 0 aliphatic rings. The monoisotopic (exact) mass is 464 g/mol. The van der Waals surface area contributed by atoms with E-state index in [1.807, 2.05) is 12.1 Å². The van der Waals surface area contributed by atoms with Crippen molar-refractivity contribution < 1.29 is 18.9 Å². The molecule has 0 heterocycles. The summed E-state index contributed by atoms with van der Waals surface area (Å²) < 4.78 is 21.4. The van der Waals surface area contributed by atoms with Crippen LogP contribution in [0.15, 0.2) is 36.4 Å². The molecule has 29 heavy (non-hydrogen) atoms. The van der Waals surface area contributed by atoms with Gasteiger partial charge in [0.1, 0.15) is 0 Å². The Hall–Kier alpha value is -1.88. The molecule has 0 radical (unpaired) electrons. The fourth-order valence-electron chi connectivity index (χ4n) is 3.56. The predicted molar refractivity (Wildman–Crippen MR) is 122 cm³/mol. The summed E-state index contributed by atoms with van der Waals surface area (Å²) in [6.45, 7) is 0. The fraction of sp³-hybridized carbons (Fsp3) is 0.500. The van der Waals surface area contributed by atoms with Crippen LogP contribution in [0.2, 0.25) is 0 Å². The highest BCUT2D eigenvalue weighted by molar-refractivity contribution is 9.09. The largest absolute Gasteiger partial charge is 0.493 e. The van der Waals surface area contributed by atoms with Crippen molar-refractivity contribution in [2.45, 2.75) is 38.5 Å². The molecule has 0 aliphatic carbocycles. The van der Waals surface area contributed by atoms with Gasteiger partial charge in [-0.2, -0.15) is 0 Å². The standard InChI is InChI=1S/C24H33BrO4/c1-26-21-13-11-18(15-23(21)28-3)7-5-9-20(17-25)10-6-8-19-12-14-22(27-2)24(16-19)29-4/h11-16,20H,5-10,17H2,1-4H3. The number of hydrogen-bond acceptors (Lipinski definition) is 4. The number of methoxy groups -OCH3 is 4. The molecular formula is C24H33BrO4. The smallest absolute Gasteiger partial charge is 0.160 e. The van der Waals surface area contributed by atoms with E-state index in [0.717, 1.165) is 41.2 Å². The van der Waals surface area contributed by atoms with Crippen LogP contribution in [0.5, 0.6) is 23.0 Å². The number of hydrogen-bond donors (Lipinski definition) is 0. The zero-order valence-electron chi connectivity index (χ0n) is 18.0. The lowest BCUT2D eigenvalue weighted by Crippen LogP contribution is -2.04. The van der Waals surface area contributed by atoms with Crippen molar-refractivity contribution in [1.82, 2.24) is 0 Å². The van der Waals surface area contributed by atoms with Crippen molar-refractivity contribution in [3.63, 3.8) is 0 Å². The van der Waals surface area contributed by atoms with Crippen LogP contribution in [0.1, 0.15) is 36.8 Å². The van der Waals surface area contributed by atoms with E-state index < -0.39 is 0 Å². The summed E-state index contributed by atoms with van der Waals surface area (Å²) >= 11 is 3.70.